The zero-order valence-corrected chi connectivity index (χ0v) is 23.8. The van der Waals surface area contributed by atoms with Gasteiger partial charge in [-0.15, -0.1) is 28.1 Å². The highest BCUT2D eigenvalue weighted by Crippen LogP contribution is 2.33. The standard InChI is InChI=1S/C25H22Cl3N5O2S2/c1-4-9-33-23(15(3)35-21-10-14(2)5-8-18(21)27)31-32-25(33)37-13-22(34)30-24-29-20(12-36-24)17-7-6-16(26)11-19(17)28/h4-8,10-12,15H,1,9,13H2,2-3H3,(H,29,30,34). The molecule has 0 aliphatic rings. The van der Waals surface area contributed by atoms with Gasteiger partial charge in [0.05, 0.1) is 21.5 Å². The summed E-state index contributed by atoms with van der Waals surface area (Å²) in [5.41, 5.74) is 2.43. The molecular formula is C25H22Cl3N5O2S2. The molecule has 2 heterocycles. The summed E-state index contributed by atoms with van der Waals surface area (Å²) in [5, 5.41) is 15.8. The van der Waals surface area contributed by atoms with Crippen molar-refractivity contribution in [2.45, 2.75) is 31.7 Å². The molecule has 1 unspecified atom stereocenters. The number of nitrogens with one attached hydrogen (secondary N) is 1. The molecule has 1 N–H and O–H groups in total. The van der Waals surface area contributed by atoms with Gasteiger partial charge in [-0.3, -0.25) is 9.36 Å². The fraction of sp³-hybridized carbons (Fsp3) is 0.200. The van der Waals surface area contributed by atoms with E-state index < -0.39 is 6.10 Å². The van der Waals surface area contributed by atoms with E-state index in [0.29, 0.717) is 49.2 Å². The van der Waals surface area contributed by atoms with Crippen molar-refractivity contribution in [3.8, 4) is 17.0 Å². The van der Waals surface area contributed by atoms with Gasteiger partial charge < -0.3 is 10.1 Å². The van der Waals surface area contributed by atoms with Crippen molar-refractivity contribution in [3.05, 3.63) is 80.9 Å². The molecule has 0 saturated heterocycles. The predicted molar refractivity (Wildman–Crippen MR) is 152 cm³/mol. The van der Waals surface area contributed by atoms with Crippen LogP contribution in [0.25, 0.3) is 11.3 Å². The van der Waals surface area contributed by atoms with Crippen molar-refractivity contribution in [3.63, 3.8) is 0 Å². The van der Waals surface area contributed by atoms with Crippen LogP contribution in [0.1, 0.15) is 24.4 Å². The van der Waals surface area contributed by atoms with E-state index in [4.69, 9.17) is 39.5 Å². The molecule has 7 nitrogen and oxygen atoms in total. The summed E-state index contributed by atoms with van der Waals surface area (Å²) in [5.74, 6) is 1.06. The minimum Gasteiger partial charge on any atom is -0.481 e. The summed E-state index contributed by atoms with van der Waals surface area (Å²) >= 11 is 21.1. The van der Waals surface area contributed by atoms with Gasteiger partial charge in [0.1, 0.15) is 5.75 Å². The number of carbonyl (C=O) groups is 1. The Balaban J connectivity index is 1.41. The number of carbonyl (C=O) groups excluding carboxylic acids is 1. The Morgan fingerprint density at radius 2 is 2.03 bits per heavy atom. The van der Waals surface area contributed by atoms with Crippen LogP contribution in [-0.4, -0.2) is 31.4 Å². The highest BCUT2D eigenvalue weighted by Gasteiger charge is 2.21. The van der Waals surface area contributed by atoms with Crippen molar-refractivity contribution < 1.29 is 9.53 Å². The number of amides is 1. The fourth-order valence-electron chi connectivity index (χ4n) is 3.39. The third-order valence-electron chi connectivity index (χ3n) is 5.10. The first kappa shape index (κ1) is 27.5. The van der Waals surface area contributed by atoms with Crippen molar-refractivity contribution in [1.82, 2.24) is 19.7 Å². The van der Waals surface area contributed by atoms with Gasteiger partial charge in [0, 0.05) is 22.5 Å². The van der Waals surface area contributed by atoms with Crippen LogP contribution in [0.5, 0.6) is 5.75 Å². The predicted octanol–water partition coefficient (Wildman–Crippen LogP) is 7.73. The number of halogens is 3. The molecule has 192 valence electrons. The van der Waals surface area contributed by atoms with Crippen molar-refractivity contribution in [2.24, 2.45) is 0 Å². The van der Waals surface area contributed by atoms with E-state index in [1.54, 1.807) is 30.3 Å². The quantitative estimate of drug-likeness (QED) is 0.149. The van der Waals surface area contributed by atoms with Gasteiger partial charge in [0.2, 0.25) is 5.91 Å². The molecule has 0 aliphatic heterocycles. The van der Waals surface area contributed by atoms with E-state index in [1.807, 2.05) is 35.9 Å². The van der Waals surface area contributed by atoms with Gasteiger partial charge in [-0.1, -0.05) is 58.7 Å². The first-order valence-corrected chi connectivity index (χ1v) is 14.1. The lowest BCUT2D eigenvalue weighted by molar-refractivity contribution is -0.113. The van der Waals surface area contributed by atoms with Gasteiger partial charge in [-0.2, -0.15) is 0 Å². The summed E-state index contributed by atoms with van der Waals surface area (Å²) in [4.78, 5) is 17.1. The Kier molecular flexibility index (Phi) is 9.15. The summed E-state index contributed by atoms with van der Waals surface area (Å²) in [6, 6.07) is 10.8. The third-order valence-corrected chi connectivity index (χ3v) is 7.69. The number of allylic oxidation sites excluding steroid dienone is 1. The average Bonchev–Trinajstić information content (AvgIpc) is 3.47. The number of rotatable bonds is 10. The van der Waals surface area contributed by atoms with E-state index >= 15 is 0 Å². The minimum atomic E-state index is -0.427. The minimum absolute atomic E-state index is 0.116. The van der Waals surface area contributed by atoms with Crippen LogP contribution in [0.2, 0.25) is 15.1 Å². The number of thiazole rings is 1. The Morgan fingerprint density at radius 1 is 1.22 bits per heavy atom. The van der Waals surface area contributed by atoms with Gasteiger partial charge >= 0.3 is 0 Å². The molecule has 4 aromatic rings. The van der Waals surface area contributed by atoms with Gasteiger partial charge in [-0.05, 0) is 49.7 Å². The first-order chi connectivity index (χ1) is 17.7. The van der Waals surface area contributed by atoms with E-state index in [-0.39, 0.29) is 11.7 Å². The van der Waals surface area contributed by atoms with Gasteiger partial charge in [0.25, 0.3) is 0 Å². The Hall–Kier alpha value is -2.56. The van der Waals surface area contributed by atoms with Crippen LogP contribution in [0.3, 0.4) is 0 Å². The second-order valence-electron chi connectivity index (χ2n) is 7.93. The van der Waals surface area contributed by atoms with E-state index in [1.165, 1.54) is 23.1 Å². The lowest BCUT2D eigenvalue weighted by atomic mass is 10.2. The maximum Gasteiger partial charge on any atom is 0.236 e. The number of ether oxygens (including phenoxy) is 1. The summed E-state index contributed by atoms with van der Waals surface area (Å²) in [6.45, 7) is 8.12. The van der Waals surface area contributed by atoms with Crippen LogP contribution >= 0.6 is 57.9 Å². The molecule has 0 saturated carbocycles. The van der Waals surface area contributed by atoms with E-state index in [2.05, 4.69) is 27.1 Å². The molecule has 0 radical (unpaired) electrons. The molecule has 1 amide bonds. The second kappa shape index (κ2) is 12.3. The molecule has 0 fully saturated rings. The normalized spacial score (nSPS) is 11.8. The molecule has 1 atom stereocenters. The first-order valence-electron chi connectivity index (χ1n) is 11.1. The zero-order chi connectivity index (χ0) is 26.5. The monoisotopic (exact) mass is 593 g/mol. The average molecular weight is 595 g/mol. The third kappa shape index (κ3) is 6.86. The highest BCUT2D eigenvalue weighted by atomic mass is 35.5. The maximum atomic E-state index is 12.6. The Labute approximate surface area is 237 Å². The van der Waals surface area contributed by atoms with E-state index in [0.717, 1.165) is 11.1 Å². The molecule has 2 aromatic heterocycles. The lowest BCUT2D eigenvalue weighted by Gasteiger charge is -2.17. The highest BCUT2D eigenvalue weighted by molar-refractivity contribution is 7.99. The number of anilines is 1. The molecule has 0 bridgehead atoms. The summed E-state index contributed by atoms with van der Waals surface area (Å²) in [7, 11) is 0. The Bertz CT molecular complexity index is 1440. The van der Waals surface area contributed by atoms with Crippen LogP contribution in [-0.2, 0) is 11.3 Å². The van der Waals surface area contributed by atoms with Gasteiger partial charge in [-0.25, -0.2) is 4.98 Å². The number of aromatic nitrogens is 4. The van der Waals surface area contributed by atoms with E-state index in [9.17, 15) is 4.79 Å². The SMILES string of the molecule is C=CCn1c(SCC(=O)Nc2nc(-c3ccc(Cl)cc3Cl)cs2)nnc1C(C)Oc1cc(C)ccc1Cl. The lowest BCUT2D eigenvalue weighted by Crippen LogP contribution is -2.15. The summed E-state index contributed by atoms with van der Waals surface area (Å²) in [6.07, 6.45) is 1.31. The maximum absolute atomic E-state index is 12.6. The van der Waals surface area contributed by atoms with Crippen molar-refractivity contribution in [1.29, 1.82) is 0 Å². The summed E-state index contributed by atoms with van der Waals surface area (Å²) < 4.78 is 7.93. The van der Waals surface area contributed by atoms with Crippen LogP contribution in [0, 0.1) is 6.92 Å². The number of thioether (sulfide) groups is 1. The topological polar surface area (TPSA) is 81.9 Å². The van der Waals surface area contributed by atoms with Crippen LogP contribution in [0.15, 0.2) is 59.6 Å². The molecule has 2 aromatic carbocycles. The van der Waals surface area contributed by atoms with Crippen LogP contribution in [0.4, 0.5) is 5.13 Å². The van der Waals surface area contributed by atoms with Crippen molar-refractivity contribution >= 4 is 68.9 Å². The number of aryl methyl sites for hydroxylation is 1. The molecular weight excluding hydrogens is 573 g/mol. The molecule has 37 heavy (non-hydrogen) atoms. The van der Waals surface area contributed by atoms with Crippen molar-refractivity contribution in [2.75, 3.05) is 11.1 Å². The smallest absolute Gasteiger partial charge is 0.236 e. The number of hydrogen-bond donors (Lipinski definition) is 1. The van der Waals surface area contributed by atoms with Gasteiger partial charge in [0.15, 0.2) is 22.2 Å². The second-order valence-corrected chi connectivity index (χ2v) is 11.0. The largest absolute Gasteiger partial charge is 0.481 e. The molecule has 0 aliphatic carbocycles. The Morgan fingerprint density at radius 3 is 2.78 bits per heavy atom. The molecule has 12 heteroatoms. The number of benzene rings is 2. The molecule has 4 rings (SSSR count). The molecule has 0 spiro atoms. The fourth-order valence-corrected chi connectivity index (χ4v) is 5.54. The van der Waals surface area contributed by atoms with Crippen LogP contribution < -0.4 is 10.1 Å². The number of hydrogen-bond acceptors (Lipinski definition) is 7. The zero-order valence-electron chi connectivity index (χ0n) is 19.9. The number of nitrogens with zero attached hydrogens (tertiary/aromatic N) is 4.